The van der Waals surface area contributed by atoms with E-state index in [9.17, 15) is 18.0 Å². The molecule has 8 nitrogen and oxygen atoms in total. The lowest BCUT2D eigenvalue weighted by Gasteiger charge is -2.12. The maximum atomic E-state index is 12.8. The number of hydrogen-bond donors (Lipinski definition) is 3. The number of aryl methyl sites for hydroxylation is 2. The summed E-state index contributed by atoms with van der Waals surface area (Å²) in [6.07, 6.45) is 1.43. The van der Waals surface area contributed by atoms with Crippen molar-refractivity contribution in [1.29, 1.82) is 0 Å². The number of aromatic nitrogens is 1. The van der Waals surface area contributed by atoms with Crippen LogP contribution in [0.15, 0.2) is 65.7 Å². The van der Waals surface area contributed by atoms with E-state index >= 15 is 0 Å². The number of nitrogens with zero attached hydrogens (tertiary/aromatic N) is 1. The van der Waals surface area contributed by atoms with Crippen molar-refractivity contribution in [3.8, 4) is 0 Å². The van der Waals surface area contributed by atoms with E-state index in [-0.39, 0.29) is 21.2 Å². The lowest BCUT2D eigenvalue weighted by atomic mass is 10.1. The van der Waals surface area contributed by atoms with Gasteiger partial charge < -0.3 is 0 Å². The maximum absolute atomic E-state index is 12.8. The van der Waals surface area contributed by atoms with Crippen LogP contribution in [0.2, 0.25) is 5.02 Å². The van der Waals surface area contributed by atoms with Crippen LogP contribution in [-0.4, -0.2) is 25.2 Å². The van der Waals surface area contributed by atoms with Gasteiger partial charge in [0.15, 0.2) is 0 Å². The van der Waals surface area contributed by atoms with E-state index in [1.54, 1.807) is 30.3 Å². The number of amides is 2. The van der Waals surface area contributed by atoms with Crippen LogP contribution >= 0.6 is 11.6 Å². The Kier molecular flexibility index (Phi) is 6.57. The molecule has 0 unspecified atom stereocenters. The molecule has 3 rings (SSSR count). The number of hydrazine groups is 1. The zero-order valence-corrected chi connectivity index (χ0v) is 18.2. The van der Waals surface area contributed by atoms with Crippen molar-refractivity contribution >= 4 is 39.1 Å². The fourth-order valence-electron chi connectivity index (χ4n) is 2.61. The molecular formula is C21H19ClN4O4S. The second kappa shape index (κ2) is 9.15. The largest absolute Gasteiger partial charge is 0.288 e. The van der Waals surface area contributed by atoms with E-state index in [1.165, 1.54) is 24.4 Å². The third-order valence-electron chi connectivity index (χ3n) is 4.44. The van der Waals surface area contributed by atoms with Crippen LogP contribution in [0.5, 0.6) is 0 Å². The molecule has 10 heteroatoms. The number of halogens is 1. The molecule has 0 bridgehead atoms. The molecule has 3 N–H and O–H groups in total. The Morgan fingerprint density at radius 2 is 1.65 bits per heavy atom. The summed E-state index contributed by atoms with van der Waals surface area (Å²) in [7, 11) is -3.98. The van der Waals surface area contributed by atoms with E-state index in [0.29, 0.717) is 5.69 Å². The van der Waals surface area contributed by atoms with E-state index in [1.807, 2.05) is 13.8 Å². The highest BCUT2D eigenvalue weighted by Crippen LogP contribution is 2.23. The summed E-state index contributed by atoms with van der Waals surface area (Å²) < 4.78 is 28.0. The van der Waals surface area contributed by atoms with Gasteiger partial charge in [-0.05, 0) is 67.4 Å². The van der Waals surface area contributed by atoms with Crippen molar-refractivity contribution in [2.75, 3.05) is 4.72 Å². The van der Waals surface area contributed by atoms with Gasteiger partial charge in [-0.2, -0.15) is 0 Å². The minimum atomic E-state index is -3.98. The molecule has 0 saturated carbocycles. The normalized spacial score (nSPS) is 10.9. The first-order valence-electron chi connectivity index (χ1n) is 9.09. The summed E-state index contributed by atoms with van der Waals surface area (Å²) in [5, 5.41) is 0.0229. The number of carbonyl (C=O) groups is 2. The zero-order valence-electron chi connectivity index (χ0n) is 16.6. The van der Waals surface area contributed by atoms with E-state index in [4.69, 9.17) is 11.6 Å². The average molecular weight is 459 g/mol. The Labute approximate surface area is 184 Å². The van der Waals surface area contributed by atoms with Crippen LogP contribution in [0.4, 0.5) is 5.69 Å². The van der Waals surface area contributed by atoms with Crippen LogP contribution < -0.4 is 15.6 Å². The molecule has 0 radical (unpaired) electrons. The summed E-state index contributed by atoms with van der Waals surface area (Å²) in [4.78, 5) is 28.2. The third-order valence-corrected chi connectivity index (χ3v) is 6.15. The van der Waals surface area contributed by atoms with E-state index in [2.05, 4.69) is 20.6 Å². The van der Waals surface area contributed by atoms with E-state index < -0.39 is 21.8 Å². The minimum absolute atomic E-state index is 0.0229. The Morgan fingerprint density at radius 1 is 0.903 bits per heavy atom. The minimum Gasteiger partial charge on any atom is -0.280 e. The van der Waals surface area contributed by atoms with Crippen LogP contribution in [0.1, 0.15) is 32.0 Å². The number of carbonyl (C=O) groups excluding carboxylic acids is 2. The SMILES string of the molecule is Cc1ccc(NS(=O)(=O)c2ccc(Cl)c(C(=O)NNC(=O)c3ccccn3)c2)cc1C. The molecule has 31 heavy (non-hydrogen) atoms. The highest BCUT2D eigenvalue weighted by atomic mass is 35.5. The number of hydrogen-bond acceptors (Lipinski definition) is 5. The number of anilines is 1. The molecule has 0 aliphatic rings. The van der Waals surface area contributed by atoms with E-state index in [0.717, 1.165) is 17.2 Å². The first kappa shape index (κ1) is 22.3. The molecule has 0 atom stereocenters. The smallest absolute Gasteiger partial charge is 0.280 e. The first-order chi connectivity index (χ1) is 14.7. The Balaban J connectivity index is 1.77. The molecular weight excluding hydrogens is 440 g/mol. The molecule has 2 aromatic carbocycles. The first-order valence-corrected chi connectivity index (χ1v) is 10.9. The number of nitrogens with one attached hydrogen (secondary N) is 3. The number of sulfonamides is 1. The third kappa shape index (κ3) is 5.39. The van der Waals surface area contributed by atoms with Gasteiger partial charge >= 0.3 is 0 Å². The molecule has 0 aliphatic carbocycles. The van der Waals surface area contributed by atoms with Gasteiger partial charge in [-0.1, -0.05) is 23.7 Å². The van der Waals surface area contributed by atoms with Crippen molar-refractivity contribution in [2.24, 2.45) is 0 Å². The van der Waals surface area contributed by atoms with Gasteiger partial charge in [-0.3, -0.25) is 30.1 Å². The predicted octanol–water partition coefficient (Wildman–Crippen LogP) is 3.23. The number of rotatable bonds is 5. The number of pyridine rings is 1. The van der Waals surface area contributed by atoms with Crippen molar-refractivity contribution in [2.45, 2.75) is 18.7 Å². The van der Waals surface area contributed by atoms with Crippen molar-refractivity contribution in [3.63, 3.8) is 0 Å². The van der Waals surface area contributed by atoms with Gasteiger partial charge in [0.2, 0.25) is 0 Å². The predicted molar refractivity (Wildman–Crippen MR) is 117 cm³/mol. The Morgan fingerprint density at radius 3 is 2.32 bits per heavy atom. The lowest BCUT2D eigenvalue weighted by Crippen LogP contribution is -2.42. The van der Waals surface area contributed by atoms with Gasteiger partial charge in [0.25, 0.3) is 21.8 Å². The van der Waals surface area contributed by atoms with Gasteiger partial charge in [-0.15, -0.1) is 0 Å². The highest BCUT2D eigenvalue weighted by molar-refractivity contribution is 7.92. The van der Waals surface area contributed by atoms with Crippen molar-refractivity contribution < 1.29 is 18.0 Å². The second-order valence-electron chi connectivity index (χ2n) is 6.67. The molecule has 1 aromatic heterocycles. The zero-order chi connectivity index (χ0) is 22.6. The molecule has 160 valence electrons. The van der Waals surface area contributed by atoms with Crippen molar-refractivity contribution in [3.05, 3.63) is 88.2 Å². The molecule has 0 spiro atoms. The molecule has 3 aromatic rings. The Hall–Kier alpha value is -3.43. The summed E-state index contributed by atoms with van der Waals surface area (Å²) in [6.45, 7) is 3.79. The van der Waals surface area contributed by atoms with Gasteiger partial charge in [0.05, 0.1) is 15.5 Å². The van der Waals surface area contributed by atoms with Crippen LogP contribution in [0.3, 0.4) is 0 Å². The molecule has 0 aliphatic heterocycles. The standard InChI is InChI=1S/C21H19ClN4O4S/c1-13-6-7-15(11-14(13)2)26-31(29,30)16-8-9-18(22)17(12-16)20(27)24-25-21(28)19-5-3-4-10-23-19/h3-12,26H,1-2H3,(H,24,27)(H,25,28). The second-order valence-corrected chi connectivity index (χ2v) is 8.76. The summed E-state index contributed by atoms with van der Waals surface area (Å²) >= 11 is 6.07. The van der Waals surface area contributed by atoms with Crippen molar-refractivity contribution in [1.82, 2.24) is 15.8 Å². The quantitative estimate of drug-likeness (QED) is 0.507. The molecule has 0 saturated heterocycles. The summed E-state index contributed by atoms with van der Waals surface area (Å²) in [5.41, 5.74) is 6.75. The van der Waals surface area contributed by atoms with Gasteiger partial charge in [-0.25, -0.2) is 8.42 Å². The fourth-order valence-corrected chi connectivity index (χ4v) is 3.89. The van der Waals surface area contributed by atoms with Crippen LogP contribution in [-0.2, 0) is 10.0 Å². The Bertz CT molecular complexity index is 1250. The monoisotopic (exact) mass is 458 g/mol. The maximum Gasteiger partial charge on any atom is 0.288 e. The number of benzene rings is 2. The molecule has 0 fully saturated rings. The summed E-state index contributed by atoms with van der Waals surface area (Å²) in [6, 6.07) is 13.6. The molecule has 2 amide bonds. The van der Waals surface area contributed by atoms with Gasteiger partial charge in [0.1, 0.15) is 5.69 Å². The topological polar surface area (TPSA) is 117 Å². The summed E-state index contributed by atoms with van der Waals surface area (Å²) in [5.74, 6) is -1.41. The highest BCUT2D eigenvalue weighted by Gasteiger charge is 2.20. The fraction of sp³-hybridized carbons (Fsp3) is 0.0952. The average Bonchev–Trinajstić information content (AvgIpc) is 2.75. The van der Waals surface area contributed by atoms with Crippen LogP contribution in [0.25, 0.3) is 0 Å². The lowest BCUT2D eigenvalue weighted by molar-refractivity contribution is 0.0844. The van der Waals surface area contributed by atoms with Crippen LogP contribution in [0, 0.1) is 13.8 Å². The molecule has 1 heterocycles. The van der Waals surface area contributed by atoms with Gasteiger partial charge in [0, 0.05) is 11.9 Å².